The summed E-state index contributed by atoms with van der Waals surface area (Å²) >= 11 is 0. The molecule has 2 N–H and O–H groups in total. The van der Waals surface area contributed by atoms with Crippen molar-refractivity contribution in [3.05, 3.63) is 29.1 Å². The van der Waals surface area contributed by atoms with Crippen LogP contribution in [-0.4, -0.2) is 45.2 Å². The van der Waals surface area contributed by atoms with Crippen molar-refractivity contribution >= 4 is 5.97 Å². The van der Waals surface area contributed by atoms with E-state index < -0.39 is 11.8 Å². The second-order valence-electron chi connectivity index (χ2n) is 5.37. The molecule has 0 saturated carbocycles. The summed E-state index contributed by atoms with van der Waals surface area (Å²) in [5.41, 5.74) is 6.57. The molecule has 0 aromatic heterocycles. The van der Waals surface area contributed by atoms with Crippen molar-refractivity contribution in [3.63, 3.8) is 0 Å². The number of esters is 1. The van der Waals surface area contributed by atoms with E-state index in [-0.39, 0.29) is 17.4 Å². The first kappa shape index (κ1) is 15.7. The van der Waals surface area contributed by atoms with E-state index in [9.17, 15) is 9.18 Å². The summed E-state index contributed by atoms with van der Waals surface area (Å²) in [6.45, 7) is 1.46. The van der Waals surface area contributed by atoms with Gasteiger partial charge in [0.1, 0.15) is 5.56 Å². The zero-order chi connectivity index (χ0) is 15.6. The molecule has 0 spiro atoms. The minimum absolute atomic E-state index is 0.0439. The number of nitrogens with zero attached hydrogens (tertiary/aromatic N) is 1. The van der Waals surface area contributed by atoms with Crippen LogP contribution in [0, 0.1) is 11.7 Å². The number of ether oxygens (including phenoxy) is 2. The van der Waals surface area contributed by atoms with Gasteiger partial charge in [0, 0.05) is 12.6 Å². The summed E-state index contributed by atoms with van der Waals surface area (Å²) in [6, 6.07) is 3.11. The number of likely N-dealkylation sites (tertiary alicyclic amines) is 1. The molecular formula is C15H21FN2O3. The van der Waals surface area contributed by atoms with Crippen molar-refractivity contribution in [2.45, 2.75) is 12.5 Å². The standard InChI is InChI=1S/C15H21FN2O3/c1-18-8-9(7-17)4-13(18)10-5-11(15(19)21-3)14(20-2)12(16)6-10/h5-6,9,13H,4,7-8,17H2,1-3H3. The number of nitrogens with two attached hydrogens (primary N) is 1. The average molecular weight is 296 g/mol. The molecule has 0 radical (unpaired) electrons. The quantitative estimate of drug-likeness (QED) is 0.855. The minimum Gasteiger partial charge on any atom is -0.493 e. The van der Waals surface area contributed by atoms with Gasteiger partial charge < -0.3 is 15.2 Å². The van der Waals surface area contributed by atoms with Gasteiger partial charge in [-0.2, -0.15) is 0 Å². The van der Waals surface area contributed by atoms with Crippen molar-refractivity contribution in [1.29, 1.82) is 0 Å². The molecule has 2 unspecified atom stereocenters. The van der Waals surface area contributed by atoms with E-state index in [4.69, 9.17) is 15.2 Å². The van der Waals surface area contributed by atoms with Crippen LogP contribution >= 0.6 is 0 Å². The van der Waals surface area contributed by atoms with Crippen LogP contribution in [0.2, 0.25) is 0 Å². The summed E-state index contributed by atoms with van der Waals surface area (Å²) in [4.78, 5) is 13.9. The van der Waals surface area contributed by atoms with Crippen LogP contribution in [0.3, 0.4) is 0 Å². The van der Waals surface area contributed by atoms with E-state index in [0.29, 0.717) is 12.5 Å². The van der Waals surface area contributed by atoms with Gasteiger partial charge in [0.25, 0.3) is 0 Å². The van der Waals surface area contributed by atoms with Crippen LogP contribution in [0.5, 0.6) is 5.75 Å². The Balaban J connectivity index is 2.41. The third-order valence-electron chi connectivity index (χ3n) is 4.03. The number of methoxy groups -OCH3 is 2. The molecule has 116 valence electrons. The van der Waals surface area contributed by atoms with E-state index in [1.165, 1.54) is 20.3 Å². The molecule has 21 heavy (non-hydrogen) atoms. The van der Waals surface area contributed by atoms with Crippen LogP contribution in [0.1, 0.15) is 28.4 Å². The Bertz CT molecular complexity index is 536. The summed E-state index contributed by atoms with van der Waals surface area (Å²) in [5, 5.41) is 0. The summed E-state index contributed by atoms with van der Waals surface area (Å²) in [6.07, 6.45) is 0.847. The predicted molar refractivity (Wildman–Crippen MR) is 76.8 cm³/mol. The summed E-state index contributed by atoms with van der Waals surface area (Å²) in [5.74, 6) is -0.864. The van der Waals surface area contributed by atoms with Crippen LogP contribution in [-0.2, 0) is 4.74 Å². The molecule has 1 saturated heterocycles. The Morgan fingerprint density at radius 3 is 2.71 bits per heavy atom. The van der Waals surface area contributed by atoms with Crippen LogP contribution < -0.4 is 10.5 Å². The number of carbonyl (C=O) groups excluding carboxylic acids is 1. The second-order valence-corrected chi connectivity index (χ2v) is 5.37. The van der Waals surface area contributed by atoms with Gasteiger partial charge in [-0.05, 0) is 43.6 Å². The number of carbonyl (C=O) groups is 1. The van der Waals surface area contributed by atoms with E-state index in [2.05, 4.69) is 4.90 Å². The lowest BCUT2D eigenvalue weighted by atomic mass is 9.97. The minimum atomic E-state index is -0.608. The highest BCUT2D eigenvalue weighted by molar-refractivity contribution is 5.92. The normalized spacial score (nSPS) is 22.3. The van der Waals surface area contributed by atoms with Gasteiger partial charge in [-0.25, -0.2) is 9.18 Å². The van der Waals surface area contributed by atoms with Crippen molar-refractivity contribution in [3.8, 4) is 5.75 Å². The van der Waals surface area contributed by atoms with Gasteiger partial charge >= 0.3 is 5.97 Å². The molecule has 1 heterocycles. The van der Waals surface area contributed by atoms with E-state index in [0.717, 1.165) is 18.5 Å². The SMILES string of the molecule is COC(=O)c1cc(C2CC(CN)CN2C)cc(F)c1OC. The maximum atomic E-state index is 14.2. The molecule has 2 rings (SSSR count). The van der Waals surface area contributed by atoms with Gasteiger partial charge in [0.05, 0.1) is 14.2 Å². The molecule has 2 atom stereocenters. The molecule has 0 aliphatic carbocycles. The Morgan fingerprint density at radius 1 is 1.48 bits per heavy atom. The van der Waals surface area contributed by atoms with Crippen molar-refractivity contribution in [2.24, 2.45) is 11.7 Å². The first-order valence-electron chi connectivity index (χ1n) is 6.87. The maximum Gasteiger partial charge on any atom is 0.341 e. The topological polar surface area (TPSA) is 64.8 Å². The molecule has 5 nitrogen and oxygen atoms in total. The highest BCUT2D eigenvalue weighted by atomic mass is 19.1. The number of hydrogen-bond acceptors (Lipinski definition) is 5. The van der Waals surface area contributed by atoms with E-state index >= 15 is 0 Å². The van der Waals surface area contributed by atoms with Gasteiger partial charge in [-0.1, -0.05) is 0 Å². The van der Waals surface area contributed by atoms with Crippen molar-refractivity contribution < 1.29 is 18.7 Å². The third-order valence-corrected chi connectivity index (χ3v) is 4.03. The lowest BCUT2D eigenvalue weighted by Crippen LogP contribution is -2.21. The lowest BCUT2D eigenvalue weighted by molar-refractivity contribution is 0.0595. The molecule has 1 fully saturated rings. The summed E-state index contributed by atoms with van der Waals surface area (Å²) < 4.78 is 23.9. The molecule has 0 bridgehead atoms. The monoisotopic (exact) mass is 296 g/mol. The van der Waals surface area contributed by atoms with Gasteiger partial charge in [-0.3, -0.25) is 4.90 Å². The van der Waals surface area contributed by atoms with Gasteiger partial charge in [-0.15, -0.1) is 0 Å². The first-order chi connectivity index (χ1) is 10.0. The fourth-order valence-electron chi connectivity index (χ4n) is 2.94. The average Bonchev–Trinajstić information content (AvgIpc) is 2.86. The molecule has 6 heteroatoms. The Hall–Kier alpha value is -1.66. The van der Waals surface area contributed by atoms with E-state index in [1.807, 2.05) is 7.05 Å². The predicted octanol–water partition coefficient (Wildman–Crippen LogP) is 1.57. The third kappa shape index (κ3) is 3.01. The molecule has 1 aliphatic rings. The zero-order valence-electron chi connectivity index (χ0n) is 12.6. The van der Waals surface area contributed by atoms with Crippen LogP contribution in [0.25, 0.3) is 0 Å². The van der Waals surface area contributed by atoms with Crippen molar-refractivity contribution in [2.75, 3.05) is 34.4 Å². The molecule has 1 aliphatic heterocycles. The number of halogens is 1. The highest BCUT2D eigenvalue weighted by Gasteiger charge is 2.31. The molecular weight excluding hydrogens is 275 g/mol. The fourth-order valence-corrected chi connectivity index (χ4v) is 2.94. The van der Waals surface area contributed by atoms with Gasteiger partial charge in [0.15, 0.2) is 11.6 Å². The number of hydrogen-bond donors (Lipinski definition) is 1. The van der Waals surface area contributed by atoms with Gasteiger partial charge in [0.2, 0.25) is 0 Å². The van der Waals surface area contributed by atoms with Crippen LogP contribution in [0.4, 0.5) is 4.39 Å². The molecule has 1 aromatic carbocycles. The van der Waals surface area contributed by atoms with Crippen molar-refractivity contribution in [1.82, 2.24) is 4.90 Å². The zero-order valence-corrected chi connectivity index (χ0v) is 12.6. The Kier molecular flexibility index (Phi) is 4.80. The largest absolute Gasteiger partial charge is 0.493 e. The smallest absolute Gasteiger partial charge is 0.341 e. The number of rotatable bonds is 4. The Labute approximate surface area is 123 Å². The summed E-state index contributed by atoms with van der Waals surface area (Å²) in [7, 11) is 4.56. The van der Waals surface area contributed by atoms with Crippen LogP contribution in [0.15, 0.2) is 12.1 Å². The first-order valence-corrected chi connectivity index (χ1v) is 6.87. The van der Waals surface area contributed by atoms with E-state index in [1.54, 1.807) is 6.07 Å². The number of benzene rings is 1. The second kappa shape index (κ2) is 6.41. The molecule has 1 aromatic rings. The lowest BCUT2D eigenvalue weighted by Gasteiger charge is -2.21. The Morgan fingerprint density at radius 2 is 2.19 bits per heavy atom. The molecule has 0 amide bonds. The maximum absolute atomic E-state index is 14.2. The highest BCUT2D eigenvalue weighted by Crippen LogP contribution is 2.36. The fraction of sp³-hybridized carbons (Fsp3) is 0.533.